The maximum absolute atomic E-state index is 12.8. The first-order valence-corrected chi connectivity index (χ1v) is 12.6. The molecule has 0 aliphatic carbocycles. The number of methoxy groups -OCH3 is 1. The first-order chi connectivity index (χ1) is 15.0. The summed E-state index contributed by atoms with van der Waals surface area (Å²) in [5.41, 5.74) is 3.44. The van der Waals surface area contributed by atoms with Crippen molar-refractivity contribution in [3.05, 3.63) is 70.1 Å². The molecule has 0 saturated carbocycles. The van der Waals surface area contributed by atoms with Crippen LogP contribution in [0.5, 0.6) is 5.75 Å². The van der Waals surface area contributed by atoms with Gasteiger partial charge >= 0.3 is 0 Å². The van der Waals surface area contributed by atoms with Crippen molar-refractivity contribution in [2.24, 2.45) is 5.10 Å². The lowest BCUT2D eigenvalue weighted by Crippen LogP contribution is -2.32. The maximum atomic E-state index is 12.8. The zero-order chi connectivity index (χ0) is 21.5. The number of amidine groups is 1. The second-order valence-electron chi connectivity index (χ2n) is 7.46. The van der Waals surface area contributed by atoms with Crippen LogP contribution in [0.25, 0.3) is 0 Å². The van der Waals surface area contributed by atoms with Crippen molar-refractivity contribution in [1.29, 1.82) is 0 Å². The zero-order valence-electron chi connectivity index (χ0n) is 17.4. The lowest BCUT2D eigenvalue weighted by atomic mass is 10.2. The Kier molecular flexibility index (Phi) is 5.58. The molecular weight excluding hydrogens is 448 g/mol. The van der Waals surface area contributed by atoms with Gasteiger partial charge in [0.15, 0.2) is 5.17 Å². The quantitative estimate of drug-likeness (QED) is 0.630. The molecule has 2 aromatic carbocycles. The summed E-state index contributed by atoms with van der Waals surface area (Å²) in [6.45, 7) is 0. The van der Waals surface area contributed by atoms with E-state index in [1.54, 1.807) is 42.4 Å². The largest absolute Gasteiger partial charge is 0.497 e. The Morgan fingerprint density at radius 3 is 2.39 bits per heavy atom. The monoisotopic (exact) mass is 470 g/mol. The van der Waals surface area contributed by atoms with Gasteiger partial charge in [-0.15, -0.1) is 16.9 Å². The summed E-state index contributed by atoms with van der Waals surface area (Å²) in [6, 6.07) is 16.5. The summed E-state index contributed by atoms with van der Waals surface area (Å²) in [6.07, 6.45) is 0. The van der Waals surface area contributed by atoms with E-state index in [1.807, 2.05) is 48.3 Å². The van der Waals surface area contributed by atoms with Gasteiger partial charge in [-0.3, -0.25) is 9.69 Å². The number of nitrogens with zero attached hydrogens (tertiary/aromatic N) is 4. The third kappa shape index (κ3) is 3.79. The fourth-order valence-electron chi connectivity index (χ4n) is 3.63. The Labute approximate surface area is 194 Å². The number of carbonyl (C=O) groups excluding carboxylic acids is 1. The number of ether oxygens (including phenoxy) is 1. The van der Waals surface area contributed by atoms with E-state index in [4.69, 9.17) is 9.84 Å². The molecule has 2 atom stereocenters. The van der Waals surface area contributed by atoms with Crippen LogP contribution in [-0.4, -0.2) is 47.9 Å². The number of rotatable bonds is 4. The van der Waals surface area contributed by atoms with Gasteiger partial charge in [-0.1, -0.05) is 36.0 Å². The SMILES string of the molecule is COc1ccc(C2SCC(=O)N2C2=NN3C(=CSC3c3ccc(N(C)C)cc3)S2)cc1. The van der Waals surface area contributed by atoms with Crippen LogP contribution < -0.4 is 9.64 Å². The highest BCUT2D eigenvalue weighted by molar-refractivity contribution is 8.18. The third-order valence-electron chi connectivity index (χ3n) is 5.30. The van der Waals surface area contributed by atoms with Crippen molar-refractivity contribution in [3.8, 4) is 5.75 Å². The number of fused-ring (bicyclic) bond motifs is 1. The number of carbonyl (C=O) groups is 1. The van der Waals surface area contributed by atoms with Gasteiger partial charge in [-0.25, -0.2) is 5.01 Å². The van der Waals surface area contributed by atoms with Crippen LogP contribution in [0.3, 0.4) is 0 Å². The summed E-state index contributed by atoms with van der Waals surface area (Å²) in [7, 11) is 5.73. The van der Waals surface area contributed by atoms with Gasteiger partial charge in [0.2, 0.25) is 5.91 Å². The molecule has 2 unspecified atom stereocenters. The molecule has 0 spiro atoms. The van der Waals surface area contributed by atoms with Crippen molar-refractivity contribution in [3.63, 3.8) is 0 Å². The molecule has 0 radical (unpaired) electrons. The molecule has 0 aromatic heterocycles. The van der Waals surface area contributed by atoms with Crippen LogP contribution in [-0.2, 0) is 4.79 Å². The first-order valence-electron chi connectivity index (χ1n) is 9.81. The second kappa shape index (κ2) is 8.37. The van der Waals surface area contributed by atoms with Crippen LogP contribution in [0.1, 0.15) is 21.9 Å². The Morgan fingerprint density at radius 1 is 1.03 bits per heavy atom. The Hall–Kier alpha value is -2.23. The second-order valence-corrected chi connectivity index (χ2v) is 10.5. The molecular formula is C22H22N4O2S3. The summed E-state index contributed by atoms with van der Waals surface area (Å²) >= 11 is 4.95. The number of hydrazone groups is 1. The van der Waals surface area contributed by atoms with Crippen molar-refractivity contribution in [2.75, 3.05) is 31.9 Å². The summed E-state index contributed by atoms with van der Waals surface area (Å²) in [5, 5.41) is 10.9. The first kappa shape index (κ1) is 20.7. The molecule has 0 N–H and O–H groups in total. The van der Waals surface area contributed by atoms with Gasteiger partial charge in [-0.05, 0) is 47.2 Å². The molecule has 0 bridgehead atoms. The molecule has 1 saturated heterocycles. The smallest absolute Gasteiger partial charge is 0.239 e. The molecule has 3 aliphatic rings. The van der Waals surface area contributed by atoms with E-state index in [9.17, 15) is 4.79 Å². The molecule has 9 heteroatoms. The molecule has 1 fully saturated rings. The normalized spacial score (nSPS) is 22.5. The van der Waals surface area contributed by atoms with Crippen molar-refractivity contribution < 1.29 is 9.53 Å². The highest BCUT2D eigenvalue weighted by atomic mass is 32.2. The molecule has 6 nitrogen and oxygen atoms in total. The van der Waals surface area contributed by atoms with E-state index < -0.39 is 0 Å². The average molecular weight is 471 g/mol. The number of benzene rings is 2. The van der Waals surface area contributed by atoms with Gasteiger partial charge in [0.1, 0.15) is 21.5 Å². The fraction of sp³-hybridized carbons (Fsp3) is 0.273. The fourth-order valence-corrected chi connectivity index (χ4v) is 7.08. The van der Waals surface area contributed by atoms with Crippen LogP contribution in [0.2, 0.25) is 0 Å². The van der Waals surface area contributed by atoms with Crippen LogP contribution in [0, 0.1) is 0 Å². The average Bonchev–Trinajstić information content (AvgIpc) is 3.47. The Morgan fingerprint density at radius 2 is 1.71 bits per heavy atom. The van der Waals surface area contributed by atoms with Crippen LogP contribution >= 0.6 is 35.3 Å². The molecule has 31 heavy (non-hydrogen) atoms. The number of thioether (sulfide) groups is 3. The third-order valence-corrected chi connectivity index (χ3v) is 8.73. The van der Waals surface area contributed by atoms with Crippen LogP contribution in [0.4, 0.5) is 5.69 Å². The van der Waals surface area contributed by atoms with Gasteiger partial charge in [0.25, 0.3) is 0 Å². The minimum atomic E-state index is -0.0734. The zero-order valence-corrected chi connectivity index (χ0v) is 19.8. The topological polar surface area (TPSA) is 48.4 Å². The molecule has 5 rings (SSSR count). The summed E-state index contributed by atoms with van der Waals surface area (Å²) < 4.78 is 5.27. The molecule has 1 amide bonds. The highest BCUT2D eigenvalue weighted by Gasteiger charge is 2.42. The van der Waals surface area contributed by atoms with E-state index >= 15 is 0 Å². The van der Waals surface area contributed by atoms with E-state index in [0.717, 1.165) is 21.5 Å². The standard InChI is InChI=1S/C22H22N4O2S3/c1-24(2)16-8-4-15(5-9-16)21-26-19(13-30-21)31-22(23-26)25-18(27)12-29-20(25)14-6-10-17(28-3)11-7-14/h4-11,13,20-21H,12H2,1-3H3. The number of anilines is 1. The lowest BCUT2D eigenvalue weighted by molar-refractivity contribution is -0.124. The lowest BCUT2D eigenvalue weighted by Gasteiger charge is -2.23. The highest BCUT2D eigenvalue weighted by Crippen LogP contribution is 2.52. The van der Waals surface area contributed by atoms with Gasteiger partial charge < -0.3 is 9.64 Å². The molecule has 2 aromatic rings. The number of amides is 1. The predicted octanol–water partition coefficient (Wildman–Crippen LogP) is 4.90. The van der Waals surface area contributed by atoms with Crippen LogP contribution in [0.15, 0.2) is 64.1 Å². The molecule has 3 heterocycles. The predicted molar refractivity (Wildman–Crippen MR) is 131 cm³/mol. The van der Waals surface area contributed by atoms with Crippen molar-refractivity contribution in [1.82, 2.24) is 9.91 Å². The van der Waals surface area contributed by atoms with Crippen molar-refractivity contribution in [2.45, 2.75) is 10.7 Å². The molecule has 160 valence electrons. The number of hydrogen-bond donors (Lipinski definition) is 0. The Bertz CT molecular complexity index is 1050. The summed E-state index contributed by atoms with van der Waals surface area (Å²) in [5.74, 6) is 1.36. The van der Waals surface area contributed by atoms with E-state index in [0.29, 0.717) is 5.75 Å². The Balaban J connectivity index is 1.39. The van der Waals surface area contributed by atoms with E-state index in [2.05, 4.69) is 34.6 Å². The maximum Gasteiger partial charge on any atom is 0.239 e. The minimum Gasteiger partial charge on any atom is -0.497 e. The molecule has 3 aliphatic heterocycles. The van der Waals surface area contributed by atoms with E-state index in [1.165, 1.54) is 11.3 Å². The number of hydrogen-bond acceptors (Lipinski definition) is 8. The summed E-state index contributed by atoms with van der Waals surface area (Å²) in [4.78, 5) is 16.7. The minimum absolute atomic E-state index is 0.0734. The van der Waals surface area contributed by atoms with Gasteiger partial charge in [0, 0.05) is 25.2 Å². The van der Waals surface area contributed by atoms with Gasteiger partial charge in [-0.2, -0.15) is 0 Å². The van der Waals surface area contributed by atoms with Gasteiger partial charge in [0.05, 0.1) is 12.9 Å². The van der Waals surface area contributed by atoms with Crippen molar-refractivity contribution >= 4 is 52.0 Å². The van der Waals surface area contributed by atoms with E-state index in [-0.39, 0.29) is 16.7 Å².